The Morgan fingerprint density at radius 1 is 0.750 bits per heavy atom. The van der Waals surface area contributed by atoms with E-state index in [0.29, 0.717) is 11.5 Å². The van der Waals surface area contributed by atoms with E-state index in [4.69, 9.17) is 0 Å². The predicted octanol–water partition coefficient (Wildman–Crippen LogP) is 8.41. The maximum absolute atomic E-state index is 14.0. The van der Waals surface area contributed by atoms with E-state index in [2.05, 4.69) is 6.92 Å². The molecule has 1 aliphatic rings. The second kappa shape index (κ2) is 10.1. The van der Waals surface area contributed by atoms with Gasteiger partial charge in [-0.1, -0.05) is 69.7 Å². The third kappa shape index (κ3) is 5.18. The topological polar surface area (TPSA) is 0 Å². The summed E-state index contributed by atoms with van der Waals surface area (Å²) < 4.78 is 40.6. The first kappa shape index (κ1) is 21.0. The molecule has 0 amide bonds. The molecule has 0 saturated heterocycles. The fourth-order valence-electron chi connectivity index (χ4n) is 4.50. The van der Waals surface area contributed by atoms with E-state index in [9.17, 15) is 13.2 Å². The Hall–Kier alpha value is -1.77. The molecule has 3 rings (SSSR count). The predicted molar refractivity (Wildman–Crippen MR) is 110 cm³/mol. The van der Waals surface area contributed by atoms with E-state index < -0.39 is 17.5 Å². The van der Waals surface area contributed by atoms with Gasteiger partial charge in [0.2, 0.25) is 0 Å². The molecule has 1 fully saturated rings. The van der Waals surface area contributed by atoms with Crippen molar-refractivity contribution in [3.63, 3.8) is 0 Å². The molecule has 1 saturated carbocycles. The van der Waals surface area contributed by atoms with Crippen LogP contribution in [0, 0.1) is 23.4 Å². The van der Waals surface area contributed by atoms with Crippen molar-refractivity contribution in [3.05, 3.63) is 59.4 Å². The molecule has 0 radical (unpaired) electrons. The summed E-state index contributed by atoms with van der Waals surface area (Å²) in [6.07, 6.45) is 13.1. The van der Waals surface area contributed by atoms with Crippen molar-refractivity contribution >= 4 is 0 Å². The highest BCUT2D eigenvalue weighted by molar-refractivity contribution is 5.64. The third-order valence-electron chi connectivity index (χ3n) is 6.29. The highest BCUT2D eigenvalue weighted by atomic mass is 19.2. The average Bonchev–Trinajstić information content (AvgIpc) is 2.73. The molecule has 0 spiro atoms. The molecular weight excluding hydrogens is 357 g/mol. The van der Waals surface area contributed by atoms with E-state index in [1.807, 2.05) is 24.3 Å². The Balaban J connectivity index is 1.53. The molecular formula is C25H31F3. The van der Waals surface area contributed by atoms with Crippen LogP contribution in [0.15, 0.2) is 36.4 Å². The van der Waals surface area contributed by atoms with Gasteiger partial charge in [0.25, 0.3) is 0 Å². The minimum atomic E-state index is -1.41. The summed E-state index contributed by atoms with van der Waals surface area (Å²) in [6, 6.07) is 9.97. The van der Waals surface area contributed by atoms with Gasteiger partial charge in [0.1, 0.15) is 0 Å². The number of unbranched alkanes of at least 4 members (excludes halogenated alkanes) is 4. The molecule has 2 aromatic rings. The van der Waals surface area contributed by atoms with Gasteiger partial charge in [0.05, 0.1) is 0 Å². The monoisotopic (exact) mass is 388 g/mol. The zero-order valence-electron chi connectivity index (χ0n) is 16.8. The summed E-state index contributed by atoms with van der Waals surface area (Å²) in [5.74, 6) is -2.25. The molecule has 1 aliphatic carbocycles. The summed E-state index contributed by atoms with van der Waals surface area (Å²) in [7, 11) is 0. The van der Waals surface area contributed by atoms with Crippen molar-refractivity contribution < 1.29 is 13.2 Å². The number of halogens is 3. The molecule has 0 aliphatic heterocycles. The molecule has 28 heavy (non-hydrogen) atoms. The fraction of sp³-hybridized carbons (Fsp3) is 0.520. The number of hydrogen-bond donors (Lipinski definition) is 0. The van der Waals surface area contributed by atoms with Crippen LogP contribution in [0.3, 0.4) is 0 Å². The largest absolute Gasteiger partial charge is 0.204 e. The molecule has 0 unspecified atom stereocenters. The van der Waals surface area contributed by atoms with E-state index in [1.165, 1.54) is 75.8 Å². The van der Waals surface area contributed by atoms with E-state index >= 15 is 0 Å². The van der Waals surface area contributed by atoms with Crippen LogP contribution in [0.5, 0.6) is 0 Å². The van der Waals surface area contributed by atoms with Crippen molar-refractivity contribution in [1.82, 2.24) is 0 Å². The molecule has 0 bridgehead atoms. The molecule has 152 valence electrons. The summed E-state index contributed by atoms with van der Waals surface area (Å²) in [6.45, 7) is 2.25. The first-order valence-electron chi connectivity index (χ1n) is 10.8. The van der Waals surface area contributed by atoms with Gasteiger partial charge < -0.3 is 0 Å². The highest BCUT2D eigenvalue weighted by Gasteiger charge is 2.22. The molecule has 3 heteroatoms. The lowest BCUT2D eigenvalue weighted by Gasteiger charge is -2.29. The first-order chi connectivity index (χ1) is 13.6. The van der Waals surface area contributed by atoms with Gasteiger partial charge in [-0.3, -0.25) is 0 Å². The van der Waals surface area contributed by atoms with Crippen molar-refractivity contribution in [2.24, 2.45) is 5.92 Å². The maximum atomic E-state index is 14.0. The molecule has 0 aromatic heterocycles. The molecule has 0 heterocycles. The van der Waals surface area contributed by atoms with Crippen LogP contribution in [0.1, 0.15) is 82.6 Å². The summed E-state index contributed by atoms with van der Waals surface area (Å²) in [5, 5.41) is 0. The van der Waals surface area contributed by atoms with Crippen molar-refractivity contribution in [3.8, 4) is 11.1 Å². The Morgan fingerprint density at radius 3 is 2.11 bits per heavy atom. The number of rotatable bonds is 8. The summed E-state index contributed by atoms with van der Waals surface area (Å²) >= 11 is 0. The Bertz CT molecular complexity index is 743. The van der Waals surface area contributed by atoms with Crippen LogP contribution in [0.2, 0.25) is 0 Å². The van der Waals surface area contributed by atoms with Crippen LogP contribution >= 0.6 is 0 Å². The minimum Gasteiger partial charge on any atom is -0.204 e. The van der Waals surface area contributed by atoms with Crippen molar-refractivity contribution in [2.45, 2.75) is 77.0 Å². The normalized spacial score (nSPS) is 19.7. The van der Waals surface area contributed by atoms with E-state index in [0.717, 1.165) is 12.0 Å². The lowest BCUT2D eigenvalue weighted by atomic mass is 9.77. The summed E-state index contributed by atoms with van der Waals surface area (Å²) in [5.41, 5.74) is 1.96. The smallest absolute Gasteiger partial charge is 0.195 e. The lowest BCUT2D eigenvalue weighted by molar-refractivity contribution is 0.302. The first-order valence-corrected chi connectivity index (χ1v) is 10.8. The zero-order valence-corrected chi connectivity index (χ0v) is 16.8. The van der Waals surface area contributed by atoms with Crippen molar-refractivity contribution in [1.29, 1.82) is 0 Å². The van der Waals surface area contributed by atoms with Crippen LogP contribution < -0.4 is 0 Å². The fourth-order valence-corrected chi connectivity index (χ4v) is 4.50. The number of benzene rings is 2. The van der Waals surface area contributed by atoms with Gasteiger partial charge in [-0.05, 0) is 60.8 Å². The van der Waals surface area contributed by atoms with E-state index in [1.54, 1.807) is 0 Å². The Labute approximate surface area is 167 Å². The molecule has 0 nitrogen and oxygen atoms in total. The molecule has 0 atom stereocenters. The van der Waals surface area contributed by atoms with Crippen molar-refractivity contribution in [2.75, 3.05) is 0 Å². The minimum absolute atomic E-state index is 0.109. The van der Waals surface area contributed by atoms with Crippen LogP contribution in [0.4, 0.5) is 13.2 Å². The van der Waals surface area contributed by atoms with Crippen LogP contribution in [0.25, 0.3) is 11.1 Å². The quantitative estimate of drug-likeness (QED) is 0.314. The van der Waals surface area contributed by atoms with Gasteiger partial charge in [-0.25, -0.2) is 13.2 Å². The number of hydrogen-bond acceptors (Lipinski definition) is 0. The second-order valence-corrected chi connectivity index (χ2v) is 8.27. The SMILES string of the molecule is CCCCCCC[C@H]1CC[C@H](c2ccc(-c3ccc(F)c(F)c3F)cc2)CC1. The molecule has 2 aromatic carbocycles. The lowest BCUT2D eigenvalue weighted by Crippen LogP contribution is -2.13. The van der Waals surface area contributed by atoms with Gasteiger partial charge in [0, 0.05) is 5.56 Å². The van der Waals surface area contributed by atoms with Gasteiger partial charge >= 0.3 is 0 Å². The van der Waals surface area contributed by atoms with Gasteiger partial charge in [0.15, 0.2) is 17.5 Å². The average molecular weight is 389 g/mol. The highest BCUT2D eigenvalue weighted by Crippen LogP contribution is 2.38. The maximum Gasteiger partial charge on any atom is 0.195 e. The Kier molecular flexibility index (Phi) is 7.58. The third-order valence-corrected chi connectivity index (χ3v) is 6.29. The van der Waals surface area contributed by atoms with Gasteiger partial charge in [-0.15, -0.1) is 0 Å². The molecule has 0 N–H and O–H groups in total. The standard InChI is InChI=1S/C25H31F3/c1-2-3-4-5-6-7-18-8-10-19(11-9-18)20-12-14-21(15-13-20)22-16-17-23(26)25(28)24(22)27/h12-19H,2-11H2,1H3/t18-,19-. The zero-order chi connectivity index (χ0) is 19.9. The second-order valence-electron chi connectivity index (χ2n) is 8.27. The Morgan fingerprint density at radius 2 is 1.43 bits per heavy atom. The van der Waals surface area contributed by atoms with Gasteiger partial charge in [-0.2, -0.15) is 0 Å². The van der Waals surface area contributed by atoms with Crippen LogP contribution in [-0.2, 0) is 0 Å². The van der Waals surface area contributed by atoms with Crippen LogP contribution in [-0.4, -0.2) is 0 Å². The van der Waals surface area contributed by atoms with E-state index in [-0.39, 0.29) is 5.56 Å². The summed E-state index contributed by atoms with van der Waals surface area (Å²) in [4.78, 5) is 0.